The lowest BCUT2D eigenvalue weighted by Crippen LogP contribution is -2.40. The molecule has 1 aliphatic heterocycles. The Balaban J connectivity index is 2.15. The molecule has 0 amide bonds. The predicted octanol–water partition coefficient (Wildman–Crippen LogP) is 2.52. The van der Waals surface area contributed by atoms with Gasteiger partial charge in [-0.25, -0.2) is 4.39 Å². The minimum atomic E-state index is -0.228. The lowest BCUT2D eigenvalue weighted by molar-refractivity contribution is 0.599. The van der Waals surface area contributed by atoms with E-state index in [1.165, 1.54) is 12.1 Å². The van der Waals surface area contributed by atoms with Gasteiger partial charge in [-0.3, -0.25) is 4.99 Å². The van der Waals surface area contributed by atoms with Crippen molar-refractivity contribution in [2.24, 2.45) is 10.7 Å². The second-order valence-corrected chi connectivity index (χ2v) is 4.34. The van der Waals surface area contributed by atoms with E-state index >= 15 is 0 Å². The second kappa shape index (κ2) is 5.17. The number of benzene rings is 1. The van der Waals surface area contributed by atoms with Crippen LogP contribution < -0.4 is 10.6 Å². The van der Waals surface area contributed by atoms with Gasteiger partial charge in [0, 0.05) is 5.69 Å². The molecule has 0 saturated carbocycles. The first kappa shape index (κ1) is 11.9. The zero-order valence-corrected chi connectivity index (χ0v) is 10.1. The Morgan fingerprint density at radius 1 is 1.41 bits per heavy atom. The van der Waals surface area contributed by atoms with Crippen LogP contribution in [0.4, 0.5) is 10.1 Å². The molecule has 0 bridgehead atoms. The van der Waals surface area contributed by atoms with E-state index < -0.39 is 0 Å². The predicted molar refractivity (Wildman–Crippen MR) is 68.7 cm³/mol. The van der Waals surface area contributed by atoms with Crippen molar-refractivity contribution in [3.05, 3.63) is 30.1 Å². The fourth-order valence-electron chi connectivity index (χ4n) is 2.15. The molecular weight excluding hydrogens is 217 g/mol. The van der Waals surface area contributed by atoms with Crippen LogP contribution >= 0.6 is 0 Å². The third-order valence-corrected chi connectivity index (χ3v) is 3.07. The van der Waals surface area contributed by atoms with Gasteiger partial charge in [-0.2, -0.15) is 0 Å². The van der Waals surface area contributed by atoms with Crippen molar-refractivity contribution in [3.8, 4) is 0 Å². The van der Waals surface area contributed by atoms with E-state index in [0.29, 0.717) is 12.0 Å². The summed E-state index contributed by atoms with van der Waals surface area (Å²) in [5.41, 5.74) is 6.82. The molecule has 0 spiro atoms. The summed E-state index contributed by atoms with van der Waals surface area (Å²) in [6, 6.07) is 6.74. The van der Waals surface area contributed by atoms with Crippen molar-refractivity contribution in [2.45, 2.75) is 32.2 Å². The highest BCUT2D eigenvalue weighted by molar-refractivity contribution is 5.97. The van der Waals surface area contributed by atoms with Crippen molar-refractivity contribution >= 4 is 11.6 Å². The first-order valence-corrected chi connectivity index (χ1v) is 6.07. The van der Waals surface area contributed by atoms with Gasteiger partial charge in [0.1, 0.15) is 5.82 Å². The number of hydrogen-bond donors (Lipinski definition) is 1. The van der Waals surface area contributed by atoms with Gasteiger partial charge in [0.25, 0.3) is 0 Å². The largest absolute Gasteiger partial charge is 0.370 e. The highest BCUT2D eigenvalue weighted by Gasteiger charge is 2.26. The number of nitrogens with zero attached hydrogens (tertiary/aromatic N) is 2. The summed E-state index contributed by atoms with van der Waals surface area (Å²) in [5.74, 6) is 0.311. The number of unbranched alkanes of at least 4 members (excludes halogenated alkanes) is 1. The summed E-state index contributed by atoms with van der Waals surface area (Å²) < 4.78 is 12.9. The first-order chi connectivity index (χ1) is 8.22. The molecule has 0 aliphatic carbocycles. The second-order valence-electron chi connectivity index (χ2n) is 4.34. The summed E-state index contributed by atoms with van der Waals surface area (Å²) in [4.78, 5) is 6.29. The van der Waals surface area contributed by atoms with E-state index in [2.05, 4.69) is 11.9 Å². The smallest absolute Gasteiger partial charge is 0.196 e. The maximum absolute atomic E-state index is 12.9. The van der Waals surface area contributed by atoms with Crippen LogP contribution in [0, 0.1) is 5.82 Å². The zero-order chi connectivity index (χ0) is 12.3. The van der Waals surface area contributed by atoms with E-state index in [0.717, 1.165) is 31.5 Å². The summed E-state index contributed by atoms with van der Waals surface area (Å²) in [5, 5.41) is 0. The maximum Gasteiger partial charge on any atom is 0.196 e. The minimum absolute atomic E-state index is 0.228. The van der Waals surface area contributed by atoms with E-state index in [1.807, 2.05) is 4.90 Å². The van der Waals surface area contributed by atoms with Crippen molar-refractivity contribution < 1.29 is 4.39 Å². The Labute approximate surface area is 101 Å². The molecule has 1 atom stereocenters. The van der Waals surface area contributed by atoms with Crippen LogP contribution in [-0.2, 0) is 0 Å². The topological polar surface area (TPSA) is 41.6 Å². The maximum atomic E-state index is 12.9. The molecule has 0 aromatic heterocycles. The van der Waals surface area contributed by atoms with E-state index in [9.17, 15) is 4.39 Å². The van der Waals surface area contributed by atoms with Gasteiger partial charge < -0.3 is 10.6 Å². The van der Waals surface area contributed by atoms with Gasteiger partial charge in [0.15, 0.2) is 5.96 Å². The van der Waals surface area contributed by atoms with E-state index in [1.54, 1.807) is 12.1 Å². The molecule has 4 heteroatoms. The van der Waals surface area contributed by atoms with E-state index in [4.69, 9.17) is 5.73 Å². The molecular formula is C13H18FN3. The average molecular weight is 235 g/mol. The Morgan fingerprint density at radius 2 is 2.12 bits per heavy atom. The molecule has 1 aromatic rings. The lowest BCUT2D eigenvalue weighted by atomic mass is 10.1. The molecule has 1 aliphatic rings. The summed E-state index contributed by atoms with van der Waals surface area (Å²) in [7, 11) is 0. The Morgan fingerprint density at radius 3 is 2.76 bits per heavy atom. The minimum Gasteiger partial charge on any atom is -0.370 e. The highest BCUT2D eigenvalue weighted by Crippen LogP contribution is 2.23. The summed E-state index contributed by atoms with van der Waals surface area (Å²) in [6.07, 6.45) is 3.39. The standard InChI is InChI=1S/C13H18FN3/c1-2-3-4-12-9-16-13(15)17(12)11-7-5-10(14)6-8-11/h5-8,12H,2-4,9H2,1H3,(H2,15,16). The zero-order valence-electron chi connectivity index (χ0n) is 10.1. The van der Waals surface area contributed by atoms with Crippen molar-refractivity contribution in [3.63, 3.8) is 0 Å². The van der Waals surface area contributed by atoms with E-state index in [-0.39, 0.29) is 5.82 Å². The fourth-order valence-corrected chi connectivity index (χ4v) is 2.15. The molecule has 17 heavy (non-hydrogen) atoms. The molecule has 1 heterocycles. The molecule has 3 nitrogen and oxygen atoms in total. The number of anilines is 1. The SMILES string of the molecule is CCCCC1CN=C(N)N1c1ccc(F)cc1. The van der Waals surface area contributed by atoms with Crippen LogP contribution in [-0.4, -0.2) is 18.5 Å². The monoisotopic (exact) mass is 235 g/mol. The summed E-state index contributed by atoms with van der Waals surface area (Å²) in [6.45, 7) is 2.91. The lowest BCUT2D eigenvalue weighted by Gasteiger charge is -2.26. The molecule has 0 radical (unpaired) electrons. The van der Waals surface area contributed by atoms with Crippen molar-refractivity contribution in [1.82, 2.24) is 0 Å². The Bertz CT molecular complexity index is 400. The Hall–Kier alpha value is -1.58. The number of guanidine groups is 1. The molecule has 0 fully saturated rings. The van der Waals surface area contributed by atoms with Crippen LogP contribution in [0.3, 0.4) is 0 Å². The fraction of sp³-hybridized carbons (Fsp3) is 0.462. The third-order valence-electron chi connectivity index (χ3n) is 3.07. The molecule has 0 saturated heterocycles. The van der Waals surface area contributed by atoms with Crippen molar-refractivity contribution in [2.75, 3.05) is 11.4 Å². The van der Waals surface area contributed by atoms with Crippen LogP contribution in [0.1, 0.15) is 26.2 Å². The molecule has 2 rings (SSSR count). The number of hydrogen-bond acceptors (Lipinski definition) is 3. The van der Waals surface area contributed by atoms with Gasteiger partial charge in [-0.05, 0) is 30.7 Å². The van der Waals surface area contributed by atoms with Gasteiger partial charge in [-0.15, -0.1) is 0 Å². The number of nitrogens with two attached hydrogens (primary N) is 1. The number of aliphatic imine (C=N–C) groups is 1. The van der Waals surface area contributed by atoms with Crippen LogP contribution in [0.5, 0.6) is 0 Å². The number of rotatable bonds is 4. The normalized spacial score (nSPS) is 19.5. The van der Waals surface area contributed by atoms with Gasteiger partial charge in [-0.1, -0.05) is 19.8 Å². The molecule has 92 valence electrons. The average Bonchev–Trinajstić information content (AvgIpc) is 2.69. The van der Waals surface area contributed by atoms with Crippen molar-refractivity contribution in [1.29, 1.82) is 0 Å². The van der Waals surface area contributed by atoms with Gasteiger partial charge in [0.05, 0.1) is 12.6 Å². The van der Waals surface area contributed by atoms with Crippen LogP contribution in [0.15, 0.2) is 29.3 Å². The molecule has 1 unspecified atom stereocenters. The first-order valence-electron chi connectivity index (χ1n) is 6.07. The third kappa shape index (κ3) is 2.57. The molecule has 1 aromatic carbocycles. The van der Waals surface area contributed by atoms with Crippen LogP contribution in [0.25, 0.3) is 0 Å². The summed E-state index contributed by atoms with van der Waals surface area (Å²) >= 11 is 0. The quantitative estimate of drug-likeness (QED) is 0.871. The Kier molecular flexibility index (Phi) is 3.61. The van der Waals surface area contributed by atoms with Crippen LogP contribution in [0.2, 0.25) is 0 Å². The number of halogens is 1. The highest BCUT2D eigenvalue weighted by atomic mass is 19.1. The van der Waals surface area contributed by atoms with Gasteiger partial charge in [0.2, 0.25) is 0 Å². The van der Waals surface area contributed by atoms with Gasteiger partial charge >= 0.3 is 0 Å². The molecule has 2 N–H and O–H groups in total.